The Balaban J connectivity index is 2.08. The molecule has 0 bridgehead atoms. The Bertz CT molecular complexity index is 182. The molecule has 0 heterocycles. The smallest absolute Gasteiger partial charge is 0.0704 e. The molecule has 2 atom stereocenters. The van der Waals surface area contributed by atoms with E-state index in [1.165, 1.54) is 0 Å². The van der Waals surface area contributed by atoms with Gasteiger partial charge >= 0.3 is 0 Å². The van der Waals surface area contributed by atoms with Crippen LogP contribution in [0.15, 0.2) is 0 Å². The van der Waals surface area contributed by atoms with Gasteiger partial charge in [-0.2, -0.15) is 0 Å². The van der Waals surface area contributed by atoms with Crippen molar-refractivity contribution in [1.29, 1.82) is 0 Å². The van der Waals surface area contributed by atoms with Crippen molar-refractivity contribution in [2.45, 2.75) is 45.8 Å². The molecule has 1 N–H and O–H groups in total. The SMILES string of the molecule is CCCOCCOC1CC(NC)C1(C)C. The van der Waals surface area contributed by atoms with Crippen LogP contribution < -0.4 is 5.32 Å². The lowest BCUT2D eigenvalue weighted by Crippen LogP contribution is -2.60. The molecule has 90 valence electrons. The second kappa shape index (κ2) is 5.83. The lowest BCUT2D eigenvalue weighted by atomic mass is 9.64. The number of ether oxygens (including phenoxy) is 2. The molecule has 0 aromatic heterocycles. The highest BCUT2D eigenvalue weighted by Crippen LogP contribution is 2.42. The van der Waals surface area contributed by atoms with E-state index in [2.05, 4.69) is 26.1 Å². The summed E-state index contributed by atoms with van der Waals surface area (Å²) in [4.78, 5) is 0. The highest BCUT2D eigenvalue weighted by molar-refractivity contribution is 5.02. The minimum Gasteiger partial charge on any atom is -0.379 e. The highest BCUT2D eigenvalue weighted by Gasteiger charge is 2.47. The van der Waals surface area contributed by atoms with Crippen LogP contribution >= 0.6 is 0 Å². The van der Waals surface area contributed by atoms with Crippen molar-refractivity contribution < 1.29 is 9.47 Å². The first kappa shape index (κ1) is 12.9. The van der Waals surface area contributed by atoms with Crippen LogP contribution in [0.3, 0.4) is 0 Å². The Hall–Kier alpha value is -0.120. The van der Waals surface area contributed by atoms with E-state index in [0.29, 0.717) is 12.1 Å². The maximum Gasteiger partial charge on any atom is 0.0704 e. The summed E-state index contributed by atoms with van der Waals surface area (Å²) in [5.74, 6) is 0. The standard InChI is InChI=1S/C12H25NO2/c1-5-6-14-7-8-15-11-9-10(13-4)12(11,2)3/h10-11,13H,5-9H2,1-4H3. The van der Waals surface area contributed by atoms with Crippen LogP contribution in [-0.2, 0) is 9.47 Å². The number of hydrogen-bond donors (Lipinski definition) is 1. The van der Waals surface area contributed by atoms with Crippen molar-refractivity contribution in [3.63, 3.8) is 0 Å². The van der Waals surface area contributed by atoms with Gasteiger partial charge in [-0.1, -0.05) is 20.8 Å². The van der Waals surface area contributed by atoms with Gasteiger partial charge in [0.15, 0.2) is 0 Å². The predicted molar refractivity (Wildman–Crippen MR) is 62.1 cm³/mol. The fourth-order valence-electron chi connectivity index (χ4n) is 2.15. The Labute approximate surface area is 93.5 Å². The van der Waals surface area contributed by atoms with Gasteiger partial charge in [0, 0.05) is 18.1 Å². The molecule has 15 heavy (non-hydrogen) atoms. The van der Waals surface area contributed by atoms with E-state index in [4.69, 9.17) is 9.47 Å². The third-order valence-electron chi connectivity index (χ3n) is 3.42. The van der Waals surface area contributed by atoms with Crippen molar-refractivity contribution in [2.75, 3.05) is 26.9 Å². The summed E-state index contributed by atoms with van der Waals surface area (Å²) in [5.41, 5.74) is 0.263. The number of hydrogen-bond acceptors (Lipinski definition) is 3. The van der Waals surface area contributed by atoms with Gasteiger partial charge in [-0.05, 0) is 19.9 Å². The zero-order chi connectivity index (χ0) is 11.3. The van der Waals surface area contributed by atoms with Gasteiger partial charge < -0.3 is 14.8 Å². The predicted octanol–water partition coefficient (Wildman–Crippen LogP) is 1.82. The lowest BCUT2D eigenvalue weighted by molar-refractivity contribution is -0.125. The molecule has 1 aliphatic rings. The molecule has 0 radical (unpaired) electrons. The largest absolute Gasteiger partial charge is 0.379 e. The van der Waals surface area contributed by atoms with Gasteiger partial charge in [0.2, 0.25) is 0 Å². The molecular weight excluding hydrogens is 190 g/mol. The van der Waals surface area contributed by atoms with E-state index in [1.807, 2.05) is 7.05 Å². The van der Waals surface area contributed by atoms with E-state index >= 15 is 0 Å². The Morgan fingerprint density at radius 3 is 2.53 bits per heavy atom. The zero-order valence-electron chi connectivity index (χ0n) is 10.5. The summed E-state index contributed by atoms with van der Waals surface area (Å²) >= 11 is 0. The molecule has 0 amide bonds. The molecule has 1 fully saturated rings. The second-order valence-electron chi connectivity index (χ2n) is 4.87. The molecule has 0 aromatic carbocycles. The molecule has 0 spiro atoms. The number of nitrogens with one attached hydrogen (secondary N) is 1. The molecule has 0 aromatic rings. The van der Waals surface area contributed by atoms with Gasteiger partial charge in [0.1, 0.15) is 0 Å². The summed E-state index contributed by atoms with van der Waals surface area (Å²) in [7, 11) is 2.02. The fraction of sp³-hybridized carbons (Fsp3) is 1.00. The Kier molecular flexibility index (Phi) is 5.03. The molecule has 1 aliphatic carbocycles. The number of rotatable bonds is 7. The van der Waals surface area contributed by atoms with Gasteiger partial charge in [-0.25, -0.2) is 0 Å². The minimum absolute atomic E-state index is 0.263. The minimum atomic E-state index is 0.263. The maximum absolute atomic E-state index is 5.81. The summed E-state index contributed by atoms with van der Waals surface area (Å²) < 4.78 is 11.2. The van der Waals surface area contributed by atoms with Crippen LogP contribution in [0, 0.1) is 5.41 Å². The molecule has 2 unspecified atom stereocenters. The van der Waals surface area contributed by atoms with Crippen LogP contribution in [-0.4, -0.2) is 39.0 Å². The summed E-state index contributed by atoms with van der Waals surface area (Å²) in [6.45, 7) is 8.93. The molecule has 1 saturated carbocycles. The van der Waals surface area contributed by atoms with Crippen molar-refractivity contribution >= 4 is 0 Å². The van der Waals surface area contributed by atoms with Crippen molar-refractivity contribution in [3.05, 3.63) is 0 Å². The van der Waals surface area contributed by atoms with Gasteiger partial charge in [0.25, 0.3) is 0 Å². The topological polar surface area (TPSA) is 30.5 Å². The third-order valence-corrected chi connectivity index (χ3v) is 3.42. The molecule has 0 aliphatic heterocycles. The van der Waals surface area contributed by atoms with E-state index in [-0.39, 0.29) is 5.41 Å². The van der Waals surface area contributed by atoms with Crippen molar-refractivity contribution in [1.82, 2.24) is 5.32 Å². The average Bonchev–Trinajstić information content (AvgIpc) is 2.21. The second-order valence-corrected chi connectivity index (χ2v) is 4.87. The summed E-state index contributed by atoms with van der Waals surface area (Å²) in [5, 5.41) is 3.32. The summed E-state index contributed by atoms with van der Waals surface area (Å²) in [6.07, 6.45) is 2.59. The first-order valence-electron chi connectivity index (χ1n) is 5.99. The first-order chi connectivity index (χ1) is 7.12. The molecule has 3 nitrogen and oxygen atoms in total. The fourth-order valence-corrected chi connectivity index (χ4v) is 2.15. The van der Waals surface area contributed by atoms with Crippen LogP contribution in [0.4, 0.5) is 0 Å². The Morgan fingerprint density at radius 2 is 2.00 bits per heavy atom. The molecule has 0 saturated heterocycles. The maximum atomic E-state index is 5.81. The quantitative estimate of drug-likeness (QED) is 0.657. The average molecular weight is 215 g/mol. The normalized spacial score (nSPS) is 28.8. The third kappa shape index (κ3) is 3.16. The van der Waals surface area contributed by atoms with E-state index in [9.17, 15) is 0 Å². The van der Waals surface area contributed by atoms with Gasteiger partial charge in [-0.15, -0.1) is 0 Å². The van der Waals surface area contributed by atoms with Crippen LogP contribution in [0.2, 0.25) is 0 Å². The summed E-state index contributed by atoms with van der Waals surface area (Å²) in [6, 6.07) is 0.596. The van der Waals surface area contributed by atoms with E-state index in [1.54, 1.807) is 0 Å². The van der Waals surface area contributed by atoms with Crippen LogP contribution in [0.1, 0.15) is 33.6 Å². The first-order valence-corrected chi connectivity index (χ1v) is 5.99. The monoisotopic (exact) mass is 215 g/mol. The molecular formula is C12H25NO2. The lowest BCUT2D eigenvalue weighted by Gasteiger charge is -2.51. The van der Waals surface area contributed by atoms with Gasteiger partial charge in [-0.3, -0.25) is 0 Å². The zero-order valence-corrected chi connectivity index (χ0v) is 10.5. The Morgan fingerprint density at radius 1 is 1.27 bits per heavy atom. The molecule has 1 rings (SSSR count). The van der Waals surface area contributed by atoms with Crippen LogP contribution in [0.5, 0.6) is 0 Å². The van der Waals surface area contributed by atoms with Crippen LogP contribution in [0.25, 0.3) is 0 Å². The van der Waals surface area contributed by atoms with Crippen molar-refractivity contribution in [2.24, 2.45) is 5.41 Å². The van der Waals surface area contributed by atoms with E-state index in [0.717, 1.165) is 32.7 Å². The van der Waals surface area contributed by atoms with Gasteiger partial charge in [0.05, 0.1) is 19.3 Å². The molecule has 3 heteroatoms. The van der Waals surface area contributed by atoms with E-state index < -0.39 is 0 Å². The van der Waals surface area contributed by atoms with Crippen molar-refractivity contribution in [3.8, 4) is 0 Å². The highest BCUT2D eigenvalue weighted by atomic mass is 16.5.